The molecule has 1 aliphatic rings. The number of rotatable bonds is 1. The number of amides is 1. The zero-order chi connectivity index (χ0) is 24.8. The first-order chi connectivity index (χ1) is 17.0. The number of hydrogen-bond donors (Lipinski definition) is 2. The molecule has 1 amide bonds. The summed E-state index contributed by atoms with van der Waals surface area (Å²) in [5, 5.41) is 11.3. The molecule has 2 aromatic heterocycles. The van der Waals surface area contributed by atoms with Crippen LogP contribution in [0.3, 0.4) is 0 Å². The number of H-pyrrole nitrogens is 1. The van der Waals surface area contributed by atoms with Gasteiger partial charge in [0.2, 0.25) is 5.91 Å². The fraction of sp³-hybridized carbons (Fsp3) is 0.440. The van der Waals surface area contributed by atoms with Gasteiger partial charge >= 0.3 is 0 Å². The van der Waals surface area contributed by atoms with Crippen LogP contribution < -0.4 is 14.4 Å². The maximum atomic E-state index is 12.5. The third-order valence-corrected chi connectivity index (χ3v) is 6.15. The van der Waals surface area contributed by atoms with Crippen LogP contribution >= 0.6 is 0 Å². The van der Waals surface area contributed by atoms with Crippen molar-refractivity contribution < 1.29 is 19.4 Å². The summed E-state index contributed by atoms with van der Waals surface area (Å²) in [5.74, 6) is 2.01. The van der Waals surface area contributed by atoms with Crippen molar-refractivity contribution in [3.8, 4) is 17.4 Å². The number of aliphatic imine (C=N–C) groups is 1. The van der Waals surface area contributed by atoms with Gasteiger partial charge in [-0.25, -0.2) is 9.97 Å². The van der Waals surface area contributed by atoms with Gasteiger partial charge in [0.25, 0.3) is 0 Å². The van der Waals surface area contributed by atoms with Crippen molar-refractivity contribution in [1.29, 1.82) is 0 Å². The van der Waals surface area contributed by atoms with Crippen molar-refractivity contribution in [3.05, 3.63) is 30.1 Å². The number of aromatic hydroxyl groups is 1. The molecule has 35 heavy (non-hydrogen) atoms. The van der Waals surface area contributed by atoms with Crippen molar-refractivity contribution in [2.24, 2.45) is 4.99 Å². The van der Waals surface area contributed by atoms with Crippen LogP contribution in [0.5, 0.6) is 17.4 Å². The standard InChI is InChI=1S/C25H32N6O4/c1-30-11-7-12-31(2)24-22-18(25(33)29-23(22)27-16-28-24)15-26-17-9-10-19(34-3)20(14-17)35-13-6-4-5-8-21(30)32/h9-10,14-16,33H,4-8,11-13H2,1-3H3,(H,27,28,29). The minimum Gasteiger partial charge on any atom is -0.494 e. The Morgan fingerprint density at radius 2 is 1.91 bits per heavy atom. The number of fused-ring (bicyclic) bond motifs is 2. The number of nitrogens with one attached hydrogen (secondary N) is 1. The minimum absolute atomic E-state index is 0.0312. The number of benzene rings is 1. The summed E-state index contributed by atoms with van der Waals surface area (Å²) in [6.07, 6.45) is 6.95. The number of aromatic amines is 1. The Hall–Kier alpha value is -3.82. The van der Waals surface area contributed by atoms with Crippen molar-refractivity contribution in [2.75, 3.05) is 45.8 Å². The summed E-state index contributed by atoms with van der Waals surface area (Å²) in [5.41, 5.74) is 1.68. The van der Waals surface area contributed by atoms with Gasteiger partial charge in [-0.3, -0.25) is 9.79 Å². The highest BCUT2D eigenvalue weighted by Gasteiger charge is 2.18. The Morgan fingerprint density at radius 3 is 2.74 bits per heavy atom. The molecule has 0 saturated carbocycles. The van der Waals surface area contributed by atoms with Crippen molar-refractivity contribution in [1.82, 2.24) is 19.9 Å². The third-order valence-electron chi connectivity index (χ3n) is 6.15. The molecule has 0 saturated heterocycles. The van der Waals surface area contributed by atoms with Gasteiger partial charge in [0.15, 0.2) is 17.4 Å². The van der Waals surface area contributed by atoms with E-state index in [2.05, 4.69) is 19.9 Å². The first-order valence-corrected chi connectivity index (χ1v) is 11.8. The highest BCUT2D eigenvalue weighted by Crippen LogP contribution is 2.34. The van der Waals surface area contributed by atoms with Crippen LogP contribution in [-0.4, -0.2) is 78.0 Å². The number of methoxy groups -OCH3 is 1. The quantitative estimate of drug-likeness (QED) is 0.546. The van der Waals surface area contributed by atoms with Gasteiger partial charge in [-0.1, -0.05) is 0 Å². The van der Waals surface area contributed by atoms with E-state index in [1.54, 1.807) is 24.3 Å². The number of ether oxygens (including phenoxy) is 2. The molecule has 0 aliphatic carbocycles. The molecule has 0 unspecified atom stereocenters. The van der Waals surface area contributed by atoms with Gasteiger partial charge in [-0.05, 0) is 37.8 Å². The summed E-state index contributed by atoms with van der Waals surface area (Å²) in [6, 6.07) is 5.44. The summed E-state index contributed by atoms with van der Waals surface area (Å²) in [4.78, 5) is 32.5. The lowest BCUT2D eigenvalue weighted by Crippen LogP contribution is -2.30. The maximum Gasteiger partial charge on any atom is 0.222 e. The van der Waals surface area contributed by atoms with Crippen molar-refractivity contribution in [3.63, 3.8) is 0 Å². The lowest BCUT2D eigenvalue weighted by molar-refractivity contribution is -0.130. The zero-order valence-corrected chi connectivity index (χ0v) is 20.5. The van der Waals surface area contributed by atoms with E-state index in [9.17, 15) is 9.90 Å². The smallest absolute Gasteiger partial charge is 0.222 e. The second-order valence-corrected chi connectivity index (χ2v) is 8.65. The van der Waals surface area contributed by atoms with Gasteiger partial charge in [-0.2, -0.15) is 0 Å². The molecule has 10 nitrogen and oxygen atoms in total. The lowest BCUT2D eigenvalue weighted by atomic mass is 10.2. The second-order valence-electron chi connectivity index (χ2n) is 8.65. The molecule has 3 heterocycles. The molecule has 10 heteroatoms. The molecule has 2 bridgehead atoms. The van der Waals surface area contributed by atoms with Crippen molar-refractivity contribution >= 4 is 34.7 Å². The van der Waals surface area contributed by atoms with Crippen LogP contribution in [0.15, 0.2) is 29.5 Å². The first-order valence-electron chi connectivity index (χ1n) is 11.8. The number of anilines is 1. The van der Waals surface area contributed by atoms with Crippen LogP contribution in [0.1, 0.15) is 37.7 Å². The second kappa shape index (κ2) is 11.1. The molecular weight excluding hydrogens is 448 g/mol. The van der Waals surface area contributed by atoms with E-state index in [-0.39, 0.29) is 11.8 Å². The van der Waals surface area contributed by atoms with Crippen LogP contribution in [-0.2, 0) is 4.79 Å². The summed E-state index contributed by atoms with van der Waals surface area (Å²) < 4.78 is 11.4. The molecule has 1 aromatic carbocycles. The normalized spacial score (nSPS) is 16.3. The maximum absolute atomic E-state index is 12.5. The minimum atomic E-state index is -0.0312. The highest BCUT2D eigenvalue weighted by molar-refractivity contribution is 6.06. The largest absolute Gasteiger partial charge is 0.494 e. The molecule has 2 N–H and O–H groups in total. The van der Waals surface area contributed by atoms with Crippen LogP contribution in [0.25, 0.3) is 11.0 Å². The van der Waals surface area contributed by atoms with E-state index in [4.69, 9.17) is 9.47 Å². The molecule has 3 aromatic rings. The summed E-state index contributed by atoms with van der Waals surface area (Å²) in [6.45, 7) is 1.86. The Labute approximate surface area is 204 Å². The number of carbonyl (C=O) groups is 1. The van der Waals surface area contributed by atoms with E-state index < -0.39 is 0 Å². The summed E-state index contributed by atoms with van der Waals surface area (Å²) >= 11 is 0. The Balaban J connectivity index is 1.70. The van der Waals surface area contributed by atoms with E-state index in [1.165, 1.54) is 6.33 Å². The molecule has 0 radical (unpaired) electrons. The lowest BCUT2D eigenvalue weighted by Gasteiger charge is -2.22. The molecular formula is C25H32N6O4. The Kier molecular flexibility index (Phi) is 7.69. The van der Waals surface area contributed by atoms with Gasteiger partial charge in [-0.15, -0.1) is 0 Å². The van der Waals surface area contributed by atoms with E-state index >= 15 is 0 Å². The van der Waals surface area contributed by atoms with E-state index in [0.717, 1.165) is 25.7 Å². The topological polar surface area (TPSA) is 116 Å². The van der Waals surface area contributed by atoms with E-state index in [0.29, 0.717) is 65.7 Å². The summed E-state index contributed by atoms with van der Waals surface area (Å²) in [7, 11) is 5.38. The van der Waals surface area contributed by atoms with Crippen LogP contribution in [0, 0.1) is 0 Å². The molecule has 1 aliphatic heterocycles. The van der Waals surface area contributed by atoms with Gasteiger partial charge in [0.1, 0.15) is 17.8 Å². The molecule has 186 valence electrons. The number of aromatic nitrogens is 3. The average molecular weight is 481 g/mol. The van der Waals surface area contributed by atoms with Crippen LogP contribution in [0.2, 0.25) is 0 Å². The zero-order valence-electron chi connectivity index (χ0n) is 20.5. The van der Waals surface area contributed by atoms with E-state index in [1.807, 2.05) is 31.1 Å². The van der Waals surface area contributed by atoms with Gasteiger partial charge in [0.05, 0.1) is 30.4 Å². The molecule has 0 fully saturated rings. The number of carbonyl (C=O) groups excluding carboxylic acids is 1. The number of hydrogen-bond acceptors (Lipinski definition) is 8. The Morgan fingerprint density at radius 1 is 1.09 bits per heavy atom. The third kappa shape index (κ3) is 5.64. The van der Waals surface area contributed by atoms with Crippen molar-refractivity contribution in [2.45, 2.75) is 32.1 Å². The van der Waals surface area contributed by atoms with Gasteiger partial charge in [0, 0.05) is 45.9 Å². The Bertz CT molecular complexity index is 1210. The van der Waals surface area contributed by atoms with Gasteiger partial charge < -0.3 is 29.4 Å². The fourth-order valence-electron chi connectivity index (χ4n) is 4.13. The highest BCUT2D eigenvalue weighted by atomic mass is 16.5. The predicted octanol–water partition coefficient (Wildman–Crippen LogP) is 3.66. The fourth-order valence-corrected chi connectivity index (χ4v) is 4.13. The van der Waals surface area contributed by atoms with Crippen LogP contribution in [0.4, 0.5) is 11.5 Å². The SMILES string of the molecule is COc1ccc2cc1OCCCCCC(=O)N(C)CCCN(C)c1ncnc3[nH]c(O)c(c13)C=N2. The number of nitrogens with zero attached hydrogens (tertiary/aromatic N) is 5. The predicted molar refractivity (Wildman–Crippen MR) is 135 cm³/mol. The molecule has 0 spiro atoms. The average Bonchev–Trinajstić information content (AvgIpc) is 3.18. The monoisotopic (exact) mass is 480 g/mol. The molecule has 0 atom stereocenters. The molecule has 4 rings (SSSR count). The first kappa shape index (κ1) is 24.3.